The van der Waals surface area contributed by atoms with Crippen molar-refractivity contribution < 1.29 is 9.84 Å². The molecule has 0 spiro atoms. The van der Waals surface area contributed by atoms with Crippen LogP contribution in [0.3, 0.4) is 0 Å². The van der Waals surface area contributed by atoms with E-state index in [-0.39, 0.29) is 6.61 Å². The molecule has 1 aromatic carbocycles. The first kappa shape index (κ1) is 20.5. The molecule has 1 aromatic rings. The van der Waals surface area contributed by atoms with Crippen molar-refractivity contribution in [3.8, 4) is 0 Å². The van der Waals surface area contributed by atoms with Gasteiger partial charge in [-0.25, -0.2) is 0 Å². The molecular weight excluding hydrogens is 308 g/mol. The Morgan fingerprint density at radius 1 is 1.17 bits per heavy atom. The number of hydrogen-bond donors (Lipinski definition) is 1. The van der Waals surface area contributed by atoms with E-state index in [2.05, 4.69) is 32.9 Å². The van der Waals surface area contributed by atoms with E-state index < -0.39 is 0 Å². The fraction of sp³-hybridized carbons (Fsp3) is 0.700. The fourth-order valence-corrected chi connectivity index (χ4v) is 3.25. The standard InChI is InChI=1S/C20H33ClO2/c1-4-6-12-23-15-19-14-17(8-9-20(19)21)13-16(3)18(7-5-2)10-11-22/h8-9,14,16,18,22H,4-7,10-13,15H2,1-3H3. The molecule has 0 aliphatic carbocycles. The summed E-state index contributed by atoms with van der Waals surface area (Å²) in [6.45, 7) is 8.34. The molecular formula is C20H33ClO2. The smallest absolute Gasteiger partial charge is 0.0731 e. The van der Waals surface area contributed by atoms with Crippen molar-refractivity contribution in [2.45, 2.75) is 65.9 Å². The maximum absolute atomic E-state index is 9.27. The highest BCUT2D eigenvalue weighted by Gasteiger charge is 2.17. The molecule has 2 unspecified atom stereocenters. The second-order valence-electron chi connectivity index (χ2n) is 6.57. The van der Waals surface area contributed by atoms with Crippen LogP contribution >= 0.6 is 11.6 Å². The summed E-state index contributed by atoms with van der Waals surface area (Å²) < 4.78 is 5.71. The van der Waals surface area contributed by atoms with Crippen LogP contribution in [-0.2, 0) is 17.8 Å². The number of halogens is 1. The Morgan fingerprint density at radius 2 is 1.96 bits per heavy atom. The topological polar surface area (TPSA) is 29.5 Å². The van der Waals surface area contributed by atoms with E-state index in [1.165, 1.54) is 18.4 Å². The Labute approximate surface area is 147 Å². The SMILES string of the molecule is CCCCOCc1cc(CC(C)C(CCC)CCO)ccc1Cl. The molecule has 0 amide bonds. The Hall–Kier alpha value is -0.570. The average molecular weight is 341 g/mol. The van der Waals surface area contributed by atoms with Gasteiger partial charge in [0.2, 0.25) is 0 Å². The van der Waals surface area contributed by atoms with Crippen molar-refractivity contribution in [3.05, 3.63) is 34.3 Å². The molecule has 0 aromatic heterocycles. The predicted molar refractivity (Wildman–Crippen MR) is 99.0 cm³/mol. The van der Waals surface area contributed by atoms with Gasteiger partial charge in [-0.3, -0.25) is 0 Å². The fourth-order valence-electron chi connectivity index (χ4n) is 3.08. The van der Waals surface area contributed by atoms with Crippen LogP contribution in [0.15, 0.2) is 18.2 Å². The molecule has 23 heavy (non-hydrogen) atoms. The van der Waals surface area contributed by atoms with E-state index in [9.17, 15) is 5.11 Å². The van der Waals surface area contributed by atoms with Crippen LogP contribution in [0.25, 0.3) is 0 Å². The van der Waals surface area contributed by atoms with Crippen LogP contribution in [0.1, 0.15) is 64.0 Å². The van der Waals surface area contributed by atoms with Gasteiger partial charge in [0.05, 0.1) is 6.61 Å². The van der Waals surface area contributed by atoms with E-state index in [1.807, 2.05) is 6.07 Å². The van der Waals surface area contributed by atoms with Crippen LogP contribution in [0.2, 0.25) is 5.02 Å². The lowest BCUT2D eigenvalue weighted by atomic mass is 9.83. The summed E-state index contributed by atoms with van der Waals surface area (Å²) in [6.07, 6.45) is 6.52. The van der Waals surface area contributed by atoms with Crippen LogP contribution < -0.4 is 0 Å². The molecule has 1 rings (SSSR count). The van der Waals surface area contributed by atoms with Crippen molar-refractivity contribution in [1.82, 2.24) is 0 Å². The second kappa shape index (κ2) is 11.9. The van der Waals surface area contributed by atoms with E-state index in [1.54, 1.807) is 0 Å². The van der Waals surface area contributed by atoms with E-state index in [0.717, 1.165) is 42.9 Å². The summed E-state index contributed by atoms with van der Waals surface area (Å²) >= 11 is 6.29. The van der Waals surface area contributed by atoms with Gasteiger partial charge in [0, 0.05) is 18.2 Å². The zero-order valence-electron chi connectivity index (χ0n) is 15.0. The molecule has 0 aliphatic heterocycles. The van der Waals surface area contributed by atoms with Crippen molar-refractivity contribution >= 4 is 11.6 Å². The minimum absolute atomic E-state index is 0.284. The zero-order valence-corrected chi connectivity index (χ0v) is 15.7. The minimum Gasteiger partial charge on any atom is -0.396 e. The lowest BCUT2D eigenvalue weighted by Gasteiger charge is -2.23. The van der Waals surface area contributed by atoms with Gasteiger partial charge in [0.1, 0.15) is 0 Å². The number of aliphatic hydroxyl groups excluding tert-OH is 1. The third kappa shape index (κ3) is 7.69. The Balaban J connectivity index is 2.64. The number of benzene rings is 1. The normalized spacial score (nSPS) is 14.0. The molecule has 0 aliphatic rings. The van der Waals surface area contributed by atoms with E-state index >= 15 is 0 Å². The van der Waals surface area contributed by atoms with Crippen LogP contribution in [-0.4, -0.2) is 18.3 Å². The van der Waals surface area contributed by atoms with Crippen molar-refractivity contribution in [2.75, 3.05) is 13.2 Å². The maximum atomic E-state index is 9.27. The highest BCUT2D eigenvalue weighted by atomic mass is 35.5. The quantitative estimate of drug-likeness (QED) is 0.499. The van der Waals surface area contributed by atoms with Crippen molar-refractivity contribution in [3.63, 3.8) is 0 Å². The predicted octanol–water partition coefficient (Wildman–Crippen LogP) is 5.63. The Kier molecular flexibility index (Phi) is 10.6. The third-order valence-electron chi connectivity index (χ3n) is 4.53. The first-order chi connectivity index (χ1) is 11.1. The average Bonchev–Trinajstić information content (AvgIpc) is 2.54. The van der Waals surface area contributed by atoms with Crippen LogP contribution in [0, 0.1) is 11.8 Å². The molecule has 0 fully saturated rings. The molecule has 0 heterocycles. The van der Waals surface area contributed by atoms with Gasteiger partial charge in [0.15, 0.2) is 0 Å². The number of rotatable bonds is 12. The molecule has 0 bridgehead atoms. The summed E-state index contributed by atoms with van der Waals surface area (Å²) in [5.74, 6) is 1.15. The van der Waals surface area contributed by atoms with Crippen molar-refractivity contribution in [2.24, 2.45) is 11.8 Å². The van der Waals surface area contributed by atoms with Crippen molar-refractivity contribution in [1.29, 1.82) is 0 Å². The number of unbranched alkanes of at least 4 members (excludes halogenated alkanes) is 1. The molecule has 0 saturated carbocycles. The third-order valence-corrected chi connectivity index (χ3v) is 4.90. The maximum Gasteiger partial charge on any atom is 0.0731 e. The van der Waals surface area contributed by atoms with Gasteiger partial charge in [-0.15, -0.1) is 0 Å². The van der Waals surface area contributed by atoms with Gasteiger partial charge < -0.3 is 9.84 Å². The highest BCUT2D eigenvalue weighted by molar-refractivity contribution is 6.31. The van der Waals surface area contributed by atoms with Crippen LogP contribution in [0.5, 0.6) is 0 Å². The lowest BCUT2D eigenvalue weighted by Crippen LogP contribution is -2.16. The van der Waals surface area contributed by atoms with E-state index in [4.69, 9.17) is 16.3 Å². The minimum atomic E-state index is 0.284. The monoisotopic (exact) mass is 340 g/mol. The molecule has 3 heteroatoms. The molecule has 2 atom stereocenters. The summed E-state index contributed by atoms with van der Waals surface area (Å²) in [5.41, 5.74) is 2.40. The lowest BCUT2D eigenvalue weighted by molar-refractivity contribution is 0.118. The Bertz CT molecular complexity index is 428. The highest BCUT2D eigenvalue weighted by Crippen LogP contribution is 2.26. The summed E-state index contributed by atoms with van der Waals surface area (Å²) in [4.78, 5) is 0. The van der Waals surface area contributed by atoms with Gasteiger partial charge in [-0.05, 0) is 48.3 Å². The van der Waals surface area contributed by atoms with E-state index in [0.29, 0.717) is 18.4 Å². The zero-order chi connectivity index (χ0) is 17.1. The second-order valence-corrected chi connectivity index (χ2v) is 6.98. The summed E-state index contributed by atoms with van der Waals surface area (Å²) in [5, 5.41) is 10.1. The van der Waals surface area contributed by atoms with Gasteiger partial charge >= 0.3 is 0 Å². The van der Waals surface area contributed by atoms with Crippen LogP contribution in [0.4, 0.5) is 0 Å². The Morgan fingerprint density at radius 3 is 2.61 bits per heavy atom. The number of aliphatic hydroxyl groups is 1. The molecule has 132 valence electrons. The molecule has 0 radical (unpaired) electrons. The molecule has 2 nitrogen and oxygen atoms in total. The summed E-state index contributed by atoms with van der Waals surface area (Å²) in [7, 11) is 0. The first-order valence-corrected chi connectivity index (χ1v) is 9.46. The number of ether oxygens (including phenoxy) is 1. The van der Waals surface area contributed by atoms with Gasteiger partial charge in [0.25, 0.3) is 0 Å². The van der Waals surface area contributed by atoms with Gasteiger partial charge in [-0.2, -0.15) is 0 Å². The number of hydrogen-bond acceptors (Lipinski definition) is 2. The molecule has 0 saturated heterocycles. The van der Waals surface area contributed by atoms with Gasteiger partial charge in [-0.1, -0.05) is 63.8 Å². The first-order valence-electron chi connectivity index (χ1n) is 9.08. The molecule has 1 N–H and O–H groups in total. The largest absolute Gasteiger partial charge is 0.396 e. The summed E-state index contributed by atoms with van der Waals surface area (Å²) in [6, 6.07) is 6.30.